The molecule has 3 rings (SSSR count). The van der Waals surface area contributed by atoms with E-state index in [1.807, 2.05) is 0 Å². The van der Waals surface area contributed by atoms with Gasteiger partial charge in [0.05, 0.1) is 0 Å². The third-order valence-electron chi connectivity index (χ3n) is 8.06. The lowest BCUT2D eigenvalue weighted by Crippen LogP contribution is -2.22. The molecule has 4 atom stereocenters. The van der Waals surface area contributed by atoms with Crippen molar-refractivity contribution in [1.29, 1.82) is 0 Å². The molecule has 0 aromatic carbocycles. The average Bonchev–Trinajstić information content (AvgIpc) is 2.84. The quantitative estimate of drug-likeness (QED) is 0.433. The predicted octanol–water partition coefficient (Wildman–Crippen LogP) is 6.90. The van der Waals surface area contributed by atoms with Crippen molar-refractivity contribution in [2.45, 2.75) is 116 Å². The van der Waals surface area contributed by atoms with Crippen LogP contribution in [0.3, 0.4) is 0 Å². The number of ketones is 2. The normalized spacial score (nSPS) is 32.5. The van der Waals surface area contributed by atoms with Gasteiger partial charge in [-0.05, 0) is 55.8 Å². The second-order valence-electron chi connectivity index (χ2n) is 10.1. The zero-order valence-corrected chi connectivity index (χ0v) is 17.7. The van der Waals surface area contributed by atoms with E-state index in [0.717, 1.165) is 37.5 Å². The van der Waals surface area contributed by atoms with Crippen LogP contribution in [0.1, 0.15) is 116 Å². The second kappa shape index (κ2) is 10.8. The minimum absolute atomic E-state index is 0.300. The Morgan fingerprint density at radius 3 is 2.19 bits per heavy atom. The molecule has 0 aromatic rings. The number of hydrogen-bond donors (Lipinski definition) is 0. The highest BCUT2D eigenvalue weighted by Crippen LogP contribution is 2.43. The van der Waals surface area contributed by atoms with Crippen molar-refractivity contribution in [1.82, 2.24) is 0 Å². The van der Waals surface area contributed by atoms with Gasteiger partial charge in [0.25, 0.3) is 0 Å². The minimum Gasteiger partial charge on any atom is -0.300 e. The fourth-order valence-electron chi connectivity index (χ4n) is 6.40. The third kappa shape index (κ3) is 6.43. The van der Waals surface area contributed by atoms with E-state index in [0.29, 0.717) is 42.2 Å². The lowest BCUT2D eigenvalue weighted by atomic mass is 9.75. The first-order valence-electron chi connectivity index (χ1n) is 12.2. The fourth-order valence-corrected chi connectivity index (χ4v) is 6.40. The van der Waals surface area contributed by atoms with Gasteiger partial charge in [-0.15, -0.1) is 0 Å². The van der Waals surface area contributed by atoms with Gasteiger partial charge in [0.15, 0.2) is 0 Å². The van der Waals surface area contributed by atoms with E-state index in [2.05, 4.69) is 6.92 Å². The summed E-state index contributed by atoms with van der Waals surface area (Å²) in [6.45, 7) is 2.33. The molecule has 0 N–H and O–H groups in total. The van der Waals surface area contributed by atoms with E-state index in [-0.39, 0.29) is 0 Å². The minimum atomic E-state index is 0.300. The van der Waals surface area contributed by atoms with Crippen LogP contribution < -0.4 is 0 Å². The van der Waals surface area contributed by atoms with Gasteiger partial charge in [0.1, 0.15) is 11.6 Å². The maximum Gasteiger partial charge on any atom is 0.136 e. The summed E-state index contributed by atoms with van der Waals surface area (Å²) in [5.41, 5.74) is 0. The Hall–Kier alpha value is -0.660. The molecule has 3 fully saturated rings. The molecule has 3 aliphatic rings. The monoisotopic (exact) mass is 374 g/mol. The molecule has 0 bridgehead atoms. The highest BCUT2D eigenvalue weighted by Gasteiger charge is 2.35. The van der Waals surface area contributed by atoms with Crippen molar-refractivity contribution in [3.05, 3.63) is 0 Å². The molecule has 0 heterocycles. The number of carbonyl (C=O) groups excluding carboxylic acids is 2. The van der Waals surface area contributed by atoms with Crippen LogP contribution in [0.2, 0.25) is 0 Å². The van der Waals surface area contributed by atoms with Gasteiger partial charge in [-0.3, -0.25) is 9.59 Å². The Morgan fingerprint density at radius 2 is 1.41 bits per heavy atom. The molecule has 0 aromatic heterocycles. The van der Waals surface area contributed by atoms with Crippen LogP contribution in [-0.4, -0.2) is 11.6 Å². The van der Waals surface area contributed by atoms with Crippen molar-refractivity contribution < 1.29 is 9.59 Å². The Bertz CT molecular complexity index is 477. The average molecular weight is 375 g/mol. The van der Waals surface area contributed by atoms with Gasteiger partial charge in [0, 0.05) is 25.2 Å². The van der Waals surface area contributed by atoms with E-state index in [9.17, 15) is 9.59 Å². The lowest BCUT2D eigenvalue weighted by molar-refractivity contribution is -0.125. The van der Waals surface area contributed by atoms with Crippen molar-refractivity contribution in [3.8, 4) is 0 Å². The molecule has 2 nitrogen and oxygen atoms in total. The topological polar surface area (TPSA) is 34.1 Å². The molecular weight excluding hydrogens is 332 g/mol. The van der Waals surface area contributed by atoms with Crippen molar-refractivity contribution in [2.24, 2.45) is 29.6 Å². The Kier molecular flexibility index (Phi) is 8.40. The second-order valence-corrected chi connectivity index (χ2v) is 10.1. The van der Waals surface area contributed by atoms with E-state index in [4.69, 9.17) is 0 Å². The summed E-state index contributed by atoms with van der Waals surface area (Å²) in [7, 11) is 0. The number of carbonyl (C=O) groups is 2. The first kappa shape index (κ1) is 21.1. The molecule has 154 valence electrons. The highest BCUT2D eigenvalue weighted by atomic mass is 16.1. The summed E-state index contributed by atoms with van der Waals surface area (Å²) < 4.78 is 0. The smallest absolute Gasteiger partial charge is 0.136 e. The van der Waals surface area contributed by atoms with E-state index >= 15 is 0 Å². The van der Waals surface area contributed by atoms with Gasteiger partial charge < -0.3 is 0 Å². The van der Waals surface area contributed by atoms with Crippen molar-refractivity contribution in [3.63, 3.8) is 0 Å². The number of unbranched alkanes of at least 4 members (excludes halogenated alkanes) is 1. The molecule has 3 saturated carbocycles. The van der Waals surface area contributed by atoms with E-state index in [1.165, 1.54) is 70.6 Å². The number of hydrogen-bond acceptors (Lipinski definition) is 2. The third-order valence-corrected chi connectivity index (χ3v) is 8.06. The molecule has 0 spiro atoms. The van der Waals surface area contributed by atoms with Crippen LogP contribution in [0.5, 0.6) is 0 Å². The zero-order valence-electron chi connectivity index (χ0n) is 17.7. The lowest BCUT2D eigenvalue weighted by Gasteiger charge is -2.30. The fraction of sp³-hybridized carbons (Fsp3) is 0.920. The standard InChI is InChI=1S/C25H42O2/c1-19-17-22-12-6-5-11-21(22)15-16-24(19)25(27)14-8-7-13-23(26)18-20-9-3-2-4-10-20/h19-22,24H,2-18H2,1H3/t19-,21?,22?,24?/m1/s1. The van der Waals surface area contributed by atoms with Crippen LogP contribution in [0.4, 0.5) is 0 Å². The van der Waals surface area contributed by atoms with Gasteiger partial charge in [-0.25, -0.2) is 0 Å². The van der Waals surface area contributed by atoms with Crippen LogP contribution in [0.25, 0.3) is 0 Å². The van der Waals surface area contributed by atoms with Crippen LogP contribution in [0.15, 0.2) is 0 Å². The van der Waals surface area contributed by atoms with Gasteiger partial charge in [-0.2, -0.15) is 0 Å². The Morgan fingerprint density at radius 1 is 0.741 bits per heavy atom. The molecule has 3 aliphatic carbocycles. The molecule has 0 aliphatic heterocycles. The number of fused-ring (bicyclic) bond motifs is 1. The predicted molar refractivity (Wildman–Crippen MR) is 112 cm³/mol. The molecule has 0 saturated heterocycles. The molecule has 0 radical (unpaired) electrons. The summed E-state index contributed by atoms with van der Waals surface area (Å²) in [6.07, 6.45) is 19.9. The molecule has 3 unspecified atom stereocenters. The Balaban J connectivity index is 1.34. The van der Waals surface area contributed by atoms with Crippen LogP contribution in [-0.2, 0) is 9.59 Å². The SMILES string of the molecule is C[C@@H]1CC2CCCCC2CCC1C(=O)CCCCC(=O)CC1CCCCC1. The summed E-state index contributed by atoms with van der Waals surface area (Å²) in [4.78, 5) is 25.1. The first-order valence-corrected chi connectivity index (χ1v) is 12.2. The van der Waals surface area contributed by atoms with Gasteiger partial charge in [0.2, 0.25) is 0 Å². The van der Waals surface area contributed by atoms with E-state index in [1.54, 1.807) is 0 Å². The maximum atomic E-state index is 12.8. The summed E-state index contributed by atoms with van der Waals surface area (Å²) in [5.74, 6) is 4.26. The van der Waals surface area contributed by atoms with Crippen LogP contribution in [0, 0.1) is 29.6 Å². The highest BCUT2D eigenvalue weighted by molar-refractivity contribution is 5.81. The molecule has 27 heavy (non-hydrogen) atoms. The van der Waals surface area contributed by atoms with Crippen molar-refractivity contribution >= 4 is 11.6 Å². The van der Waals surface area contributed by atoms with Crippen LogP contribution >= 0.6 is 0 Å². The Labute approximate surface area is 167 Å². The first-order chi connectivity index (χ1) is 13.1. The summed E-state index contributed by atoms with van der Waals surface area (Å²) >= 11 is 0. The molecule has 0 amide bonds. The zero-order chi connectivity index (χ0) is 19.1. The molecular formula is C25H42O2. The van der Waals surface area contributed by atoms with Gasteiger partial charge in [-0.1, -0.05) is 64.7 Å². The number of Topliss-reactive ketones (excluding diaryl/α,β-unsaturated/α-hetero) is 2. The van der Waals surface area contributed by atoms with Gasteiger partial charge >= 0.3 is 0 Å². The summed E-state index contributed by atoms with van der Waals surface area (Å²) in [6, 6.07) is 0. The van der Waals surface area contributed by atoms with Crippen molar-refractivity contribution in [2.75, 3.05) is 0 Å². The summed E-state index contributed by atoms with van der Waals surface area (Å²) in [5, 5.41) is 0. The maximum absolute atomic E-state index is 12.8. The molecule has 2 heteroatoms. The largest absolute Gasteiger partial charge is 0.300 e. The number of rotatable bonds is 8. The van der Waals surface area contributed by atoms with E-state index < -0.39 is 0 Å².